The van der Waals surface area contributed by atoms with Crippen molar-refractivity contribution >= 4 is 21.9 Å². The average molecular weight is 317 g/mol. The van der Waals surface area contributed by atoms with E-state index in [0.29, 0.717) is 5.56 Å². The first-order valence-electron chi connectivity index (χ1n) is 6.42. The zero-order valence-electron chi connectivity index (χ0n) is 11.8. The fourth-order valence-electron chi connectivity index (χ4n) is 1.69. The van der Waals surface area contributed by atoms with E-state index in [9.17, 15) is 8.42 Å². The maximum absolute atomic E-state index is 12.0. The maximum Gasteiger partial charge on any atom is 0.276 e. The second-order valence-electron chi connectivity index (χ2n) is 4.52. The van der Waals surface area contributed by atoms with Crippen LogP contribution in [0.25, 0.3) is 0 Å². The van der Waals surface area contributed by atoms with Gasteiger partial charge in [-0.05, 0) is 19.1 Å². The summed E-state index contributed by atoms with van der Waals surface area (Å²) in [4.78, 5) is 2.19. The maximum atomic E-state index is 12.0. The van der Waals surface area contributed by atoms with E-state index in [-0.39, 0.29) is 10.6 Å². The Morgan fingerprint density at radius 1 is 1.09 bits per heavy atom. The molecule has 0 aromatic heterocycles. The lowest BCUT2D eigenvalue weighted by Crippen LogP contribution is -2.19. The molecule has 6 nitrogen and oxygen atoms in total. The van der Waals surface area contributed by atoms with Crippen LogP contribution in [0.3, 0.4) is 0 Å². The predicted molar refractivity (Wildman–Crippen MR) is 84.8 cm³/mol. The SMILES string of the molecule is Cc1ccc(S(=O)(=O)NN=CC(=NO)c2ccccc2)cc1. The molecule has 114 valence electrons. The highest BCUT2D eigenvalue weighted by atomic mass is 32.2. The number of benzene rings is 2. The highest BCUT2D eigenvalue weighted by Gasteiger charge is 2.12. The third-order valence-corrected chi connectivity index (χ3v) is 4.11. The lowest BCUT2D eigenvalue weighted by atomic mass is 10.1. The number of nitrogens with zero attached hydrogens (tertiary/aromatic N) is 2. The molecular formula is C15H15N3O3S. The van der Waals surface area contributed by atoms with Crippen LogP contribution in [-0.2, 0) is 10.0 Å². The van der Waals surface area contributed by atoms with E-state index in [1.165, 1.54) is 12.1 Å². The van der Waals surface area contributed by atoms with Crippen molar-refractivity contribution in [2.75, 3.05) is 0 Å². The summed E-state index contributed by atoms with van der Waals surface area (Å²) >= 11 is 0. The molecule has 2 rings (SSSR count). The van der Waals surface area contributed by atoms with Gasteiger partial charge < -0.3 is 5.21 Å². The zero-order chi connectivity index (χ0) is 16.0. The lowest BCUT2D eigenvalue weighted by molar-refractivity contribution is 0.320. The van der Waals surface area contributed by atoms with E-state index in [1.807, 2.05) is 13.0 Å². The van der Waals surface area contributed by atoms with Gasteiger partial charge in [0, 0.05) is 5.56 Å². The molecule has 2 aromatic rings. The Hall–Kier alpha value is -2.67. The molecule has 0 saturated heterocycles. The van der Waals surface area contributed by atoms with E-state index in [0.717, 1.165) is 11.8 Å². The second kappa shape index (κ2) is 6.86. The normalized spacial score (nSPS) is 12.5. The van der Waals surface area contributed by atoms with E-state index in [1.54, 1.807) is 36.4 Å². The minimum atomic E-state index is -3.75. The zero-order valence-corrected chi connectivity index (χ0v) is 12.7. The molecule has 0 atom stereocenters. The monoisotopic (exact) mass is 317 g/mol. The van der Waals surface area contributed by atoms with Crippen LogP contribution >= 0.6 is 0 Å². The van der Waals surface area contributed by atoms with Gasteiger partial charge in [-0.2, -0.15) is 13.5 Å². The minimum Gasteiger partial charge on any atom is -0.410 e. The fourth-order valence-corrected chi connectivity index (χ4v) is 2.49. The summed E-state index contributed by atoms with van der Waals surface area (Å²) < 4.78 is 24.0. The van der Waals surface area contributed by atoms with Gasteiger partial charge in [0.2, 0.25) is 0 Å². The highest BCUT2D eigenvalue weighted by molar-refractivity contribution is 7.89. The van der Waals surface area contributed by atoms with Gasteiger partial charge in [0.05, 0.1) is 11.1 Å². The molecule has 7 heteroatoms. The van der Waals surface area contributed by atoms with Crippen molar-refractivity contribution in [1.82, 2.24) is 4.83 Å². The Balaban J connectivity index is 2.12. The van der Waals surface area contributed by atoms with Crippen molar-refractivity contribution in [2.45, 2.75) is 11.8 Å². The number of hydrazone groups is 1. The van der Waals surface area contributed by atoms with Crippen LogP contribution in [0.2, 0.25) is 0 Å². The van der Waals surface area contributed by atoms with Crippen molar-refractivity contribution in [1.29, 1.82) is 0 Å². The van der Waals surface area contributed by atoms with Gasteiger partial charge in [-0.3, -0.25) is 0 Å². The summed E-state index contributed by atoms with van der Waals surface area (Å²) in [7, 11) is -3.75. The largest absolute Gasteiger partial charge is 0.410 e. The second-order valence-corrected chi connectivity index (χ2v) is 6.18. The van der Waals surface area contributed by atoms with Crippen molar-refractivity contribution in [3.05, 3.63) is 65.7 Å². The molecular weight excluding hydrogens is 302 g/mol. The summed E-state index contributed by atoms with van der Waals surface area (Å²) in [5, 5.41) is 15.7. The van der Waals surface area contributed by atoms with Crippen LogP contribution in [0.5, 0.6) is 0 Å². The first-order valence-corrected chi connectivity index (χ1v) is 7.90. The topological polar surface area (TPSA) is 91.1 Å². The van der Waals surface area contributed by atoms with Crippen LogP contribution in [0.15, 0.2) is 69.7 Å². The Morgan fingerprint density at radius 2 is 1.73 bits per heavy atom. The Morgan fingerprint density at radius 3 is 2.32 bits per heavy atom. The minimum absolute atomic E-state index is 0.109. The number of sulfonamides is 1. The molecule has 0 aliphatic carbocycles. The first-order chi connectivity index (χ1) is 10.5. The molecule has 0 bridgehead atoms. The molecule has 0 heterocycles. The van der Waals surface area contributed by atoms with Gasteiger partial charge in [0.1, 0.15) is 5.71 Å². The van der Waals surface area contributed by atoms with Crippen LogP contribution in [0.4, 0.5) is 0 Å². The summed E-state index contributed by atoms with van der Waals surface area (Å²) in [6, 6.07) is 15.2. The summed E-state index contributed by atoms with van der Waals surface area (Å²) in [5.74, 6) is 0. The molecule has 0 aliphatic rings. The molecule has 0 aliphatic heterocycles. The van der Waals surface area contributed by atoms with Gasteiger partial charge in [-0.15, -0.1) is 0 Å². The molecule has 0 spiro atoms. The number of rotatable bonds is 5. The third kappa shape index (κ3) is 3.92. The quantitative estimate of drug-likeness (QED) is 0.503. The van der Waals surface area contributed by atoms with Crippen molar-refractivity contribution in [3.8, 4) is 0 Å². The van der Waals surface area contributed by atoms with Crippen molar-refractivity contribution < 1.29 is 13.6 Å². The summed E-state index contributed by atoms with van der Waals surface area (Å²) in [6.07, 6.45) is 1.14. The summed E-state index contributed by atoms with van der Waals surface area (Å²) in [6.45, 7) is 1.87. The van der Waals surface area contributed by atoms with E-state index in [4.69, 9.17) is 5.21 Å². The molecule has 0 unspecified atom stereocenters. The molecule has 22 heavy (non-hydrogen) atoms. The van der Waals surface area contributed by atoms with E-state index in [2.05, 4.69) is 15.1 Å². The fraction of sp³-hybridized carbons (Fsp3) is 0.0667. The van der Waals surface area contributed by atoms with Crippen LogP contribution < -0.4 is 4.83 Å². The molecule has 0 fully saturated rings. The van der Waals surface area contributed by atoms with Gasteiger partial charge in [0.25, 0.3) is 10.0 Å². The number of hydrogen-bond acceptors (Lipinski definition) is 5. The van der Waals surface area contributed by atoms with Crippen molar-refractivity contribution in [3.63, 3.8) is 0 Å². The third-order valence-electron chi connectivity index (χ3n) is 2.87. The number of nitrogens with one attached hydrogen (secondary N) is 1. The Labute approximate surface area is 128 Å². The number of hydrogen-bond donors (Lipinski definition) is 2. The predicted octanol–water partition coefficient (Wildman–Crippen LogP) is 2.14. The van der Waals surface area contributed by atoms with E-state index >= 15 is 0 Å². The Kier molecular flexibility index (Phi) is 4.90. The van der Waals surface area contributed by atoms with Crippen LogP contribution in [-0.4, -0.2) is 25.6 Å². The van der Waals surface area contributed by atoms with Gasteiger partial charge >= 0.3 is 0 Å². The number of aryl methyl sites for hydroxylation is 1. The average Bonchev–Trinajstić information content (AvgIpc) is 2.53. The Bertz CT molecular complexity index is 783. The van der Waals surface area contributed by atoms with Crippen LogP contribution in [0, 0.1) is 6.92 Å². The molecule has 0 saturated carbocycles. The summed E-state index contributed by atoms with van der Waals surface area (Å²) in [5.41, 5.74) is 1.72. The number of oxime groups is 1. The highest BCUT2D eigenvalue weighted by Crippen LogP contribution is 2.09. The van der Waals surface area contributed by atoms with E-state index < -0.39 is 10.0 Å². The van der Waals surface area contributed by atoms with Gasteiger partial charge in [-0.1, -0.05) is 53.2 Å². The lowest BCUT2D eigenvalue weighted by Gasteiger charge is -2.03. The van der Waals surface area contributed by atoms with Gasteiger partial charge in [-0.25, -0.2) is 4.83 Å². The molecule has 0 radical (unpaired) electrons. The van der Waals surface area contributed by atoms with Crippen molar-refractivity contribution in [2.24, 2.45) is 10.3 Å². The molecule has 2 aromatic carbocycles. The smallest absolute Gasteiger partial charge is 0.276 e. The van der Waals surface area contributed by atoms with Gasteiger partial charge in [0.15, 0.2) is 0 Å². The molecule has 2 N–H and O–H groups in total. The molecule has 0 amide bonds. The first kappa shape index (κ1) is 15.7. The standard InChI is InChI=1S/C15H15N3O3S/c1-12-7-9-14(10-8-12)22(20,21)18-16-11-15(17-19)13-5-3-2-4-6-13/h2-11,18-19H,1H3. The van der Waals surface area contributed by atoms with Crippen LogP contribution in [0.1, 0.15) is 11.1 Å².